The topological polar surface area (TPSA) is 105 Å². The van der Waals surface area contributed by atoms with Crippen molar-refractivity contribution >= 4 is 28.4 Å². The van der Waals surface area contributed by atoms with E-state index in [1.165, 1.54) is 0 Å². The molecule has 8 nitrogen and oxygen atoms in total. The lowest BCUT2D eigenvalue weighted by Gasteiger charge is -2.11. The summed E-state index contributed by atoms with van der Waals surface area (Å²) in [6.45, 7) is 0.160. The van der Waals surface area contributed by atoms with E-state index in [1.807, 2.05) is 41.1 Å². The molecule has 32 heavy (non-hydrogen) atoms. The molecule has 3 N–H and O–H groups in total. The van der Waals surface area contributed by atoms with Crippen molar-refractivity contribution in [3.8, 4) is 11.4 Å². The third kappa shape index (κ3) is 4.76. The summed E-state index contributed by atoms with van der Waals surface area (Å²) in [5, 5.41) is 19.5. The Kier molecular flexibility index (Phi) is 6.43. The number of aliphatic hydroxyl groups excluding tert-OH is 1. The fourth-order valence-corrected chi connectivity index (χ4v) is 3.25. The second-order valence-electron chi connectivity index (χ2n) is 6.98. The first-order chi connectivity index (χ1) is 15.7. The van der Waals surface area contributed by atoms with Crippen LogP contribution >= 0.6 is 0 Å². The molecule has 1 heterocycles. The summed E-state index contributed by atoms with van der Waals surface area (Å²) in [4.78, 5) is 24.5. The van der Waals surface area contributed by atoms with E-state index >= 15 is 0 Å². The highest BCUT2D eigenvalue weighted by molar-refractivity contribution is 6.39. The average Bonchev–Trinajstić information content (AvgIpc) is 3.26. The maximum Gasteiger partial charge on any atom is 0.313 e. The number of nitrogens with one attached hydrogen (secondary N) is 2. The van der Waals surface area contributed by atoms with Crippen LogP contribution in [0.2, 0.25) is 0 Å². The van der Waals surface area contributed by atoms with E-state index in [9.17, 15) is 9.59 Å². The van der Waals surface area contributed by atoms with Crippen LogP contribution in [0.4, 0.5) is 5.69 Å². The Balaban J connectivity index is 1.36. The number of carbonyl (C=O) groups is 2. The van der Waals surface area contributed by atoms with Gasteiger partial charge in [-0.25, -0.2) is 4.68 Å². The zero-order valence-corrected chi connectivity index (χ0v) is 17.2. The van der Waals surface area contributed by atoms with Gasteiger partial charge < -0.3 is 20.5 Å². The van der Waals surface area contributed by atoms with Gasteiger partial charge in [-0.2, -0.15) is 5.10 Å². The van der Waals surface area contributed by atoms with E-state index < -0.39 is 11.8 Å². The molecule has 0 radical (unpaired) electrons. The molecule has 0 saturated carbocycles. The van der Waals surface area contributed by atoms with Gasteiger partial charge in [0.05, 0.1) is 24.0 Å². The fourth-order valence-electron chi connectivity index (χ4n) is 3.25. The van der Waals surface area contributed by atoms with Crippen LogP contribution in [0.3, 0.4) is 0 Å². The van der Waals surface area contributed by atoms with Crippen LogP contribution in [0.5, 0.6) is 5.75 Å². The summed E-state index contributed by atoms with van der Waals surface area (Å²) < 4.78 is 7.24. The van der Waals surface area contributed by atoms with E-state index in [4.69, 9.17) is 9.84 Å². The summed E-state index contributed by atoms with van der Waals surface area (Å²) in [5.74, 6) is -0.982. The number of anilines is 1. The highest BCUT2D eigenvalue weighted by Gasteiger charge is 2.15. The van der Waals surface area contributed by atoms with E-state index in [0.29, 0.717) is 17.0 Å². The van der Waals surface area contributed by atoms with Crippen LogP contribution in [0.25, 0.3) is 16.6 Å². The SMILES string of the molecule is O=C(NCc1ccccc1OCCO)C(=O)Nc1ccc(-n2ncc3ccccc32)cc1. The summed E-state index contributed by atoms with van der Waals surface area (Å²) in [7, 11) is 0. The first-order valence-corrected chi connectivity index (χ1v) is 10.1. The van der Waals surface area contributed by atoms with Gasteiger partial charge in [-0.15, -0.1) is 0 Å². The van der Waals surface area contributed by atoms with Gasteiger partial charge in [0.25, 0.3) is 0 Å². The van der Waals surface area contributed by atoms with Crippen molar-refractivity contribution in [3.63, 3.8) is 0 Å². The Morgan fingerprint density at radius 3 is 2.50 bits per heavy atom. The van der Waals surface area contributed by atoms with Crippen molar-refractivity contribution < 1.29 is 19.4 Å². The minimum absolute atomic E-state index is 0.113. The molecule has 3 aromatic carbocycles. The van der Waals surface area contributed by atoms with Crippen LogP contribution in [0.1, 0.15) is 5.56 Å². The summed E-state index contributed by atoms with van der Waals surface area (Å²) >= 11 is 0. The first kappa shape index (κ1) is 21.1. The summed E-state index contributed by atoms with van der Waals surface area (Å²) in [5.41, 5.74) is 3.02. The van der Waals surface area contributed by atoms with Gasteiger partial charge in [0.1, 0.15) is 12.4 Å². The smallest absolute Gasteiger partial charge is 0.313 e. The number of nitrogens with zero attached hydrogens (tertiary/aromatic N) is 2. The number of hydrogen-bond acceptors (Lipinski definition) is 5. The van der Waals surface area contributed by atoms with Gasteiger partial charge in [0.15, 0.2) is 0 Å². The first-order valence-electron chi connectivity index (χ1n) is 10.1. The molecule has 0 atom stereocenters. The second-order valence-corrected chi connectivity index (χ2v) is 6.98. The Morgan fingerprint density at radius 1 is 0.938 bits per heavy atom. The Hall–Kier alpha value is -4.17. The van der Waals surface area contributed by atoms with Gasteiger partial charge in [-0.1, -0.05) is 36.4 Å². The van der Waals surface area contributed by atoms with Gasteiger partial charge in [-0.05, 0) is 36.4 Å². The minimum atomic E-state index is -0.768. The molecule has 0 saturated heterocycles. The Bertz CT molecular complexity index is 1230. The number of aliphatic hydroxyl groups is 1. The van der Waals surface area contributed by atoms with Crippen LogP contribution in [0, 0.1) is 0 Å². The normalized spacial score (nSPS) is 10.7. The fraction of sp³-hybridized carbons (Fsp3) is 0.125. The molecular formula is C24H22N4O4. The van der Waals surface area contributed by atoms with Gasteiger partial charge in [0.2, 0.25) is 0 Å². The van der Waals surface area contributed by atoms with Gasteiger partial charge >= 0.3 is 11.8 Å². The molecule has 8 heteroatoms. The molecule has 0 aliphatic rings. The number of aromatic nitrogens is 2. The van der Waals surface area contributed by atoms with Crippen molar-refractivity contribution in [3.05, 3.63) is 84.6 Å². The van der Waals surface area contributed by atoms with Crippen molar-refractivity contribution in [2.24, 2.45) is 0 Å². The standard InChI is InChI=1S/C24H22N4O4/c29-13-14-32-22-8-4-2-6-18(22)15-25-23(30)24(31)27-19-9-11-20(12-10-19)28-21-7-3-1-5-17(21)16-26-28/h1-12,16,29H,13-15H2,(H,25,30)(H,27,31). The van der Waals surface area contributed by atoms with Gasteiger partial charge in [0, 0.05) is 23.2 Å². The third-order valence-corrected chi connectivity index (χ3v) is 4.81. The lowest BCUT2D eigenvalue weighted by Crippen LogP contribution is -2.35. The number of ether oxygens (including phenoxy) is 1. The van der Waals surface area contributed by atoms with Crippen molar-refractivity contribution in [2.75, 3.05) is 18.5 Å². The van der Waals surface area contributed by atoms with E-state index in [1.54, 1.807) is 42.6 Å². The summed E-state index contributed by atoms with van der Waals surface area (Å²) in [6, 6.07) is 22.1. The van der Waals surface area contributed by atoms with Crippen molar-refractivity contribution in [1.29, 1.82) is 0 Å². The number of amides is 2. The number of hydrogen-bond donors (Lipinski definition) is 3. The predicted octanol–water partition coefficient (Wildman–Crippen LogP) is 2.65. The molecule has 0 aliphatic carbocycles. The molecule has 0 aliphatic heterocycles. The molecule has 0 bridgehead atoms. The Labute approximate surface area is 184 Å². The third-order valence-electron chi connectivity index (χ3n) is 4.81. The zero-order valence-electron chi connectivity index (χ0n) is 17.2. The second kappa shape index (κ2) is 9.76. The molecule has 0 fully saturated rings. The number of para-hydroxylation sites is 2. The monoisotopic (exact) mass is 430 g/mol. The van der Waals surface area contributed by atoms with Crippen molar-refractivity contribution in [2.45, 2.75) is 6.54 Å². The molecule has 162 valence electrons. The lowest BCUT2D eigenvalue weighted by molar-refractivity contribution is -0.136. The molecule has 0 spiro atoms. The quantitative estimate of drug-likeness (QED) is 0.391. The van der Waals surface area contributed by atoms with Crippen LogP contribution in [-0.2, 0) is 16.1 Å². The van der Waals surface area contributed by atoms with Gasteiger partial charge in [-0.3, -0.25) is 9.59 Å². The molecule has 1 aromatic heterocycles. The molecule has 4 rings (SSSR count). The Morgan fingerprint density at radius 2 is 1.69 bits per heavy atom. The maximum absolute atomic E-state index is 12.3. The van der Waals surface area contributed by atoms with E-state index in [0.717, 1.165) is 16.6 Å². The van der Waals surface area contributed by atoms with Crippen LogP contribution < -0.4 is 15.4 Å². The van der Waals surface area contributed by atoms with Crippen molar-refractivity contribution in [1.82, 2.24) is 15.1 Å². The number of fused-ring (bicyclic) bond motifs is 1. The molecule has 4 aromatic rings. The van der Waals surface area contributed by atoms with Crippen LogP contribution in [-0.4, -0.2) is 39.9 Å². The highest BCUT2D eigenvalue weighted by Crippen LogP contribution is 2.20. The molecular weight excluding hydrogens is 408 g/mol. The average molecular weight is 430 g/mol. The molecule has 2 amide bonds. The minimum Gasteiger partial charge on any atom is -0.491 e. The number of carbonyl (C=O) groups excluding carboxylic acids is 2. The number of rotatable bonds is 7. The predicted molar refractivity (Wildman–Crippen MR) is 121 cm³/mol. The lowest BCUT2D eigenvalue weighted by atomic mass is 10.2. The maximum atomic E-state index is 12.3. The summed E-state index contributed by atoms with van der Waals surface area (Å²) in [6.07, 6.45) is 1.79. The van der Waals surface area contributed by atoms with E-state index in [2.05, 4.69) is 15.7 Å². The highest BCUT2D eigenvalue weighted by atomic mass is 16.5. The van der Waals surface area contributed by atoms with Crippen LogP contribution in [0.15, 0.2) is 79.0 Å². The largest absolute Gasteiger partial charge is 0.491 e. The zero-order chi connectivity index (χ0) is 22.3. The molecule has 0 unspecified atom stereocenters. The van der Waals surface area contributed by atoms with E-state index in [-0.39, 0.29) is 19.8 Å². The number of benzene rings is 3.